The fourth-order valence-corrected chi connectivity index (χ4v) is 1.70. The lowest BCUT2D eigenvalue weighted by atomic mass is 10.1. The van der Waals surface area contributed by atoms with E-state index < -0.39 is 0 Å². The summed E-state index contributed by atoms with van der Waals surface area (Å²) < 4.78 is 5.71. The monoisotopic (exact) mass is 230 g/mol. The molecule has 1 aromatic heterocycles. The highest BCUT2D eigenvalue weighted by atomic mass is 35.5. The smallest absolute Gasteiger partial charge is 0.194 e. The molecule has 0 amide bonds. The van der Waals surface area contributed by atoms with Crippen LogP contribution in [0.15, 0.2) is 4.42 Å². The maximum absolute atomic E-state index is 5.71. The molecule has 0 saturated heterocycles. The number of halogens is 1. The number of fused-ring (bicyclic) bond motifs is 1. The first kappa shape index (κ1) is 12.5. The topological polar surface area (TPSA) is 38.1 Å². The maximum atomic E-state index is 5.71. The number of nitrogens with one attached hydrogen (secondary N) is 1. The van der Waals surface area contributed by atoms with Crippen molar-refractivity contribution in [3.05, 3.63) is 17.3 Å². The first-order valence-corrected chi connectivity index (χ1v) is 5.44. The average Bonchev–Trinajstić information content (AvgIpc) is 2.57. The molecule has 0 aromatic carbocycles. The van der Waals surface area contributed by atoms with Gasteiger partial charge in [-0.2, -0.15) is 0 Å². The summed E-state index contributed by atoms with van der Waals surface area (Å²) in [5.41, 5.74) is 1.12. The van der Waals surface area contributed by atoms with Crippen molar-refractivity contribution in [2.24, 2.45) is 5.92 Å². The predicted molar refractivity (Wildman–Crippen MR) is 62.3 cm³/mol. The van der Waals surface area contributed by atoms with Gasteiger partial charge in [-0.15, -0.1) is 12.4 Å². The van der Waals surface area contributed by atoms with E-state index in [1.165, 1.54) is 0 Å². The predicted octanol–water partition coefficient (Wildman–Crippen LogP) is 2.33. The van der Waals surface area contributed by atoms with Gasteiger partial charge in [0, 0.05) is 25.9 Å². The van der Waals surface area contributed by atoms with Crippen LogP contribution < -0.4 is 5.32 Å². The second-order valence-electron chi connectivity index (χ2n) is 4.34. The quantitative estimate of drug-likeness (QED) is 0.866. The normalized spacial score (nSPS) is 14.9. The molecule has 0 unspecified atom stereocenters. The van der Waals surface area contributed by atoms with E-state index in [1.54, 1.807) is 0 Å². The van der Waals surface area contributed by atoms with Crippen molar-refractivity contribution in [3.8, 4) is 0 Å². The second-order valence-corrected chi connectivity index (χ2v) is 4.34. The fraction of sp³-hybridized carbons (Fsp3) is 0.727. The van der Waals surface area contributed by atoms with Crippen molar-refractivity contribution in [1.82, 2.24) is 10.3 Å². The largest absolute Gasteiger partial charge is 0.445 e. The van der Waals surface area contributed by atoms with Gasteiger partial charge in [0.25, 0.3) is 0 Å². The molecule has 0 aliphatic carbocycles. The highest BCUT2D eigenvalue weighted by molar-refractivity contribution is 5.85. The molecule has 0 fully saturated rings. The second kappa shape index (κ2) is 5.52. The molecule has 1 aliphatic rings. The van der Waals surface area contributed by atoms with Crippen molar-refractivity contribution in [2.45, 2.75) is 39.7 Å². The van der Waals surface area contributed by atoms with Gasteiger partial charge in [0.1, 0.15) is 5.76 Å². The number of nitrogens with zero attached hydrogens (tertiary/aromatic N) is 1. The standard InChI is InChI=1S/C11H18N2O.ClH/c1-8(2)3-4-11-13-9-7-12-6-5-10(9)14-11;/h8,12H,3-7H2,1-2H3;1H. The molecule has 3 nitrogen and oxygen atoms in total. The van der Waals surface area contributed by atoms with Gasteiger partial charge >= 0.3 is 0 Å². The maximum Gasteiger partial charge on any atom is 0.194 e. The van der Waals surface area contributed by atoms with Gasteiger partial charge in [0.15, 0.2) is 5.89 Å². The molecule has 1 aromatic rings. The molecule has 1 N–H and O–H groups in total. The molecule has 0 bridgehead atoms. The Bertz CT molecular complexity index is 286. The van der Waals surface area contributed by atoms with Crippen molar-refractivity contribution < 1.29 is 4.42 Å². The van der Waals surface area contributed by atoms with Crippen molar-refractivity contribution in [3.63, 3.8) is 0 Å². The molecule has 2 heterocycles. The Balaban J connectivity index is 0.00000112. The third-order valence-electron chi connectivity index (χ3n) is 2.58. The van der Waals surface area contributed by atoms with Gasteiger partial charge in [-0.05, 0) is 12.3 Å². The van der Waals surface area contributed by atoms with E-state index in [0.29, 0.717) is 0 Å². The van der Waals surface area contributed by atoms with Crippen LogP contribution in [-0.4, -0.2) is 11.5 Å². The Morgan fingerprint density at radius 2 is 2.27 bits per heavy atom. The number of aryl methyl sites for hydroxylation is 1. The summed E-state index contributed by atoms with van der Waals surface area (Å²) in [6, 6.07) is 0. The molecule has 0 saturated carbocycles. The highest BCUT2D eigenvalue weighted by Crippen LogP contribution is 2.17. The molecule has 4 heteroatoms. The van der Waals surface area contributed by atoms with E-state index in [0.717, 1.165) is 55.6 Å². The SMILES string of the molecule is CC(C)CCc1nc2c(o1)CCNC2.Cl. The van der Waals surface area contributed by atoms with Gasteiger partial charge in [-0.25, -0.2) is 4.98 Å². The molecule has 0 radical (unpaired) electrons. The number of oxazole rings is 1. The van der Waals surface area contributed by atoms with Crippen LogP contribution in [0.3, 0.4) is 0 Å². The third-order valence-corrected chi connectivity index (χ3v) is 2.58. The van der Waals surface area contributed by atoms with Crippen LogP contribution in [0, 0.1) is 5.92 Å². The van der Waals surface area contributed by atoms with E-state index >= 15 is 0 Å². The summed E-state index contributed by atoms with van der Waals surface area (Å²) >= 11 is 0. The minimum Gasteiger partial charge on any atom is -0.445 e. The highest BCUT2D eigenvalue weighted by Gasteiger charge is 2.16. The van der Waals surface area contributed by atoms with E-state index in [2.05, 4.69) is 24.1 Å². The molecule has 1 aliphatic heterocycles. The third kappa shape index (κ3) is 3.21. The van der Waals surface area contributed by atoms with Gasteiger partial charge in [0.05, 0.1) is 5.69 Å². The summed E-state index contributed by atoms with van der Waals surface area (Å²) in [6.45, 7) is 6.35. The van der Waals surface area contributed by atoms with Gasteiger partial charge < -0.3 is 9.73 Å². The van der Waals surface area contributed by atoms with E-state index in [-0.39, 0.29) is 12.4 Å². The molecular weight excluding hydrogens is 212 g/mol. The lowest BCUT2D eigenvalue weighted by molar-refractivity contribution is 0.422. The minimum absolute atomic E-state index is 0. The van der Waals surface area contributed by atoms with E-state index in [1.807, 2.05) is 0 Å². The van der Waals surface area contributed by atoms with Crippen LogP contribution in [-0.2, 0) is 19.4 Å². The van der Waals surface area contributed by atoms with E-state index in [9.17, 15) is 0 Å². The van der Waals surface area contributed by atoms with Crippen molar-refractivity contribution >= 4 is 12.4 Å². The Labute approximate surface area is 97.1 Å². The number of hydrogen-bond acceptors (Lipinski definition) is 3. The zero-order chi connectivity index (χ0) is 9.97. The molecular formula is C11H19ClN2O. The summed E-state index contributed by atoms with van der Waals surface area (Å²) in [6.07, 6.45) is 3.13. The number of rotatable bonds is 3. The van der Waals surface area contributed by atoms with Crippen molar-refractivity contribution in [2.75, 3.05) is 6.54 Å². The molecule has 15 heavy (non-hydrogen) atoms. The van der Waals surface area contributed by atoms with Crippen molar-refractivity contribution in [1.29, 1.82) is 0 Å². The van der Waals surface area contributed by atoms with Gasteiger partial charge in [0.2, 0.25) is 0 Å². The number of hydrogen-bond donors (Lipinski definition) is 1. The molecule has 2 rings (SSSR count). The molecule has 0 spiro atoms. The molecule has 86 valence electrons. The van der Waals surface area contributed by atoms with Gasteiger partial charge in [-0.1, -0.05) is 13.8 Å². The van der Waals surface area contributed by atoms with E-state index in [4.69, 9.17) is 4.42 Å². The zero-order valence-corrected chi connectivity index (χ0v) is 10.2. The van der Waals surface area contributed by atoms with Crippen LogP contribution in [0.5, 0.6) is 0 Å². The van der Waals surface area contributed by atoms with Crippen LogP contribution in [0.25, 0.3) is 0 Å². The fourth-order valence-electron chi connectivity index (χ4n) is 1.70. The lowest BCUT2D eigenvalue weighted by Gasteiger charge is -2.08. The summed E-state index contributed by atoms with van der Waals surface area (Å²) in [5, 5.41) is 3.30. The Kier molecular flexibility index (Phi) is 4.61. The van der Waals surface area contributed by atoms with Crippen LogP contribution in [0.4, 0.5) is 0 Å². The number of aromatic nitrogens is 1. The first-order valence-electron chi connectivity index (χ1n) is 5.44. The minimum atomic E-state index is 0. The first-order chi connectivity index (χ1) is 6.75. The van der Waals surface area contributed by atoms with Crippen LogP contribution in [0.1, 0.15) is 37.6 Å². The summed E-state index contributed by atoms with van der Waals surface area (Å²) in [5.74, 6) is 2.74. The summed E-state index contributed by atoms with van der Waals surface area (Å²) in [7, 11) is 0. The average molecular weight is 231 g/mol. The Morgan fingerprint density at radius 1 is 1.47 bits per heavy atom. The summed E-state index contributed by atoms with van der Waals surface area (Å²) in [4.78, 5) is 4.49. The lowest BCUT2D eigenvalue weighted by Crippen LogP contribution is -2.22. The van der Waals surface area contributed by atoms with Gasteiger partial charge in [-0.3, -0.25) is 0 Å². The molecule has 0 atom stereocenters. The van der Waals surface area contributed by atoms with Crippen LogP contribution >= 0.6 is 12.4 Å². The van der Waals surface area contributed by atoms with Crippen LogP contribution in [0.2, 0.25) is 0 Å². The Hall–Kier alpha value is -0.540. The zero-order valence-electron chi connectivity index (χ0n) is 9.38. The Morgan fingerprint density at radius 3 is 2.93 bits per heavy atom.